The van der Waals surface area contributed by atoms with E-state index in [0.717, 1.165) is 17.8 Å². The fourth-order valence-corrected chi connectivity index (χ4v) is 2.36. The highest BCUT2D eigenvalue weighted by Gasteiger charge is 2.18. The normalized spacial score (nSPS) is 16.5. The molecule has 96 valence electrons. The van der Waals surface area contributed by atoms with Gasteiger partial charge < -0.3 is 0 Å². The molecule has 0 aliphatic heterocycles. The van der Waals surface area contributed by atoms with Crippen LogP contribution in [0.25, 0.3) is 0 Å². The first kappa shape index (κ1) is 14.2. The Kier molecular flexibility index (Phi) is 6.25. The van der Waals surface area contributed by atoms with Crippen molar-refractivity contribution in [2.45, 2.75) is 53.4 Å². The van der Waals surface area contributed by atoms with Gasteiger partial charge in [-0.3, -0.25) is 4.98 Å². The van der Waals surface area contributed by atoms with Gasteiger partial charge in [0.1, 0.15) is 0 Å². The van der Waals surface area contributed by atoms with E-state index in [-0.39, 0.29) is 0 Å². The Bertz CT molecular complexity index is 294. The van der Waals surface area contributed by atoms with Crippen molar-refractivity contribution in [3.8, 4) is 0 Å². The van der Waals surface area contributed by atoms with Crippen LogP contribution < -0.4 is 0 Å². The molecule has 1 nitrogen and oxygen atoms in total. The lowest BCUT2D eigenvalue weighted by Crippen LogP contribution is -2.17. The zero-order valence-corrected chi connectivity index (χ0v) is 11.8. The molecule has 3 unspecified atom stereocenters. The lowest BCUT2D eigenvalue weighted by molar-refractivity contribution is 0.278. The van der Waals surface area contributed by atoms with Gasteiger partial charge in [-0.05, 0) is 42.2 Å². The van der Waals surface area contributed by atoms with Gasteiger partial charge in [-0.25, -0.2) is 0 Å². The molecule has 1 rings (SSSR count). The molecule has 3 atom stereocenters. The highest BCUT2D eigenvalue weighted by molar-refractivity contribution is 5.09. The van der Waals surface area contributed by atoms with Crippen molar-refractivity contribution in [3.63, 3.8) is 0 Å². The molecule has 1 heterocycles. The molecule has 0 saturated heterocycles. The summed E-state index contributed by atoms with van der Waals surface area (Å²) >= 11 is 0. The fraction of sp³-hybridized carbons (Fsp3) is 0.688. The fourth-order valence-electron chi connectivity index (χ4n) is 2.36. The summed E-state index contributed by atoms with van der Waals surface area (Å²) < 4.78 is 0. The van der Waals surface area contributed by atoms with E-state index in [0.29, 0.717) is 0 Å². The summed E-state index contributed by atoms with van der Waals surface area (Å²) in [6, 6.07) is 4.26. The molecule has 0 aliphatic rings. The molecule has 1 heteroatoms. The van der Waals surface area contributed by atoms with Crippen LogP contribution in [0.15, 0.2) is 24.5 Å². The predicted molar refractivity (Wildman–Crippen MR) is 75.0 cm³/mol. The van der Waals surface area contributed by atoms with Crippen LogP contribution in [0.4, 0.5) is 0 Å². The van der Waals surface area contributed by atoms with E-state index >= 15 is 0 Å². The van der Waals surface area contributed by atoms with Crippen LogP contribution in [0, 0.1) is 17.8 Å². The van der Waals surface area contributed by atoms with Crippen molar-refractivity contribution in [3.05, 3.63) is 30.1 Å². The minimum Gasteiger partial charge on any atom is -0.264 e. The molecule has 0 amide bonds. The molecule has 0 N–H and O–H groups in total. The maximum atomic E-state index is 4.22. The molecular weight excluding hydrogens is 206 g/mol. The van der Waals surface area contributed by atoms with Gasteiger partial charge in [-0.2, -0.15) is 0 Å². The summed E-state index contributed by atoms with van der Waals surface area (Å²) in [4.78, 5) is 4.22. The molecular formula is C16H27N. The number of hydrogen-bond acceptors (Lipinski definition) is 1. The summed E-state index contributed by atoms with van der Waals surface area (Å²) in [7, 11) is 0. The first-order valence-electron chi connectivity index (χ1n) is 7.06. The highest BCUT2D eigenvalue weighted by Crippen LogP contribution is 2.27. The highest BCUT2D eigenvalue weighted by atomic mass is 14.6. The average molecular weight is 233 g/mol. The van der Waals surface area contributed by atoms with Gasteiger partial charge in [-0.15, -0.1) is 0 Å². The quantitative estimate of drug-likeness (QED) is 0.664. The third-order valence-electron chi connectivity index (χ3n) is 4.07. The second kappa shape index (κ2) is 7.47. The van der Waals surface area contributed by atoms with Crippen LogP contribution in [-0.2, 0) is 6.42 Å². The summed E-state index contributed by atoms with van der Waals surface area (Å²) in [6.45, 7) is 9.36. The first-order chi connectivity index (χ1) is 8.17. The number of rotatable bonds is 7. The monoisotopic (exact) mass is 233 g/mol. The predicted octanol–water partition coefficient (Wildman–Crippen LogP) is 4.72. The summed E-state index contributed by atoms with van der Waals surface area (Å²) in [5, 5.41) is 0. The van der Waals surface area contributed by atoms with Gasteiger partial charge in [0.15, 0.2) is 0 Å². The Morgan fingerprint density at radius 2 is 1.94 bits per heavy atom. The SMILES string of the molecule is CCC(C)CC(Cc1cccnc1)C(C)CC. The Morgan fingerprint density at radius 1 is 1.18 bits per heavy atom. The van der Waals surface area contributed by atoms with Crippen LogP contribution in [0.1, 0.15) is 52.5 Å². The standard InChI is InChI=1S/C16H27N/c1-5-13(3)10-16(14(4)6-2)11-15-8-7-9-17-12-15/h7-9,12-14,16H,5-6,10-11H2,1-4H3. The molecule has 0 radical (unpaired) electrons. The third-order valence-corrected chi connectivity index (χ3v) is 4.07. The minimum atomic E-state index is 0.805. The summed E-state index contributed by atoms with van der Waals surface area (Å²) in [5.74, 6) is 2.45. The van der Waals surface area contributed by atoms with E-state index in [1.165, 1.54) is 31.2 Å². The van der Waals surface area contributed by atoms with E-state index in [1.807, 2.05) is 18.5 Å². The second-order valence-electron chi connectivity index (χ2n) is 5.46. The lowest BCUT2D eigenvalue weighted by atomic mass is 9.80. The van der Waals surface area contributed by atoms with Crippen molar-refractivity contribution in [2.24, 2.45) is 17.8 Å². The second-order valence-corrected chi connectivity index (χ2v) is 5.46. The van der Waals surface area contributed by atoms with Crippen molar-refractivity contribution in [1.82, 2.24) is 4.98 Å². The van der Waals surface area contributed by atoms with Gasteiger partial charge in [0.05, 0.1) is 0 Å². The molecule has 1 aromatic rings. The van der Waals surface area contributed by atoms with Gasteiger partial charge in [0.25, 0.3) is 0 Å². The van der Waals surface area contributed by atoms with Crippen LogP contribution in [0.2, 0.25) is 0 Å². The number of hydrogen-bond donors (Lipinski definition) is 0. The minimum absolute atomic E-state index is 0.805. The molecule has 0 bridgehead atoms. The molecule has 0 spiro atoms. The van der Waals surface area contributed by atoms with Crippen LogP contribution >= 0.6 is 0 Å². The van der Waals surface area contributed by atoms with E-state index in [9.17, 15) is 0 Å². The molecule has 0 fully saturated rings. The Balaban J connectivity index is 2.63. The Labute approximate surface area is 107 Å². The summed E-state index contributed by atoms with van der Waals surface area (Å²) in [5.41, 5.74) is 1.39. The molecule has 1 aromatic heterocycles. The van der Waals surface area contributed by atoms with Gasteiger partial charge in [-0.1, -0.05) is 46.6 Å². The van der Waals surface area contributed by atoms with Crippen molar-refractivity contribution >= 4 is 0 Å². The van der Waals surface area contributed by atoms with Gasteiger partial charge in [0, 0.05) is 12.4 Å². The zero-order valence-electron chi connectivity index (χ0n) is 11.8. The largest absolute Gasteiger partial charge is 0.264 e. The van der Waals surface area contributed by atoms with Crippen molar-refractivity contribution in [1.29, 1.82) is 0 Å². The van der Waals surface area contributed by atoms with Crippen LogP contribution in [-0.4, -0.2) is 4.98 Å². The smallest absolute Gasteiger partial charge is 0.0299 e. The van der Waals surface area contributed by atoms with Gasteiger partial charge >= 0.3 is 0 Å². The van der Waals surface area contributed by atoms with E-state index < -0.39 is 0 Å². The van der Waals surface area contributed by atoms with Crippen LogP contribution in [0.5, 0.6) is 0 Å². The van der Waals surface area contributed by atoms with Crippen LogP contribution in [0.3, 0.4) is 0 Å². The molecule has 0 aliphatic carbocycles. The van der Waals surface area contributed by atoms with Crippen molar-refractivity contribution < 1.29 is 0 Å². The number of pyridine rings is 1. The molecule has 0 aromatic carbocycles. The topological polar surface area (TPSA) is 12.9 Å². The van der Waals surface area contributed by atoms with Gasteiger partial charge in [0.2, 0.25) is 0 Å². The average Bonchev–Trinajstić information content (AvgIpc) is 2.38. The lowest BCUT2D eigenvalue weighted by Gasteiger charge is -2.25. The maximum Gasteiger partial charge on any atom is 0.0299 e. The molecule has 17 heavy (non-hydrogen) atoms. The van der Waals surface area contributed by atoms with E-state index in [1.54, 1.807) is 0 Å². The first-order valence-corrected chi connectivity index (χ1v) is 7.06. The molecule has 0 saturated carbocycles. The Hall–Kier alpha value is -0.850. The Morgan fingerprint density at radius 3 is 2.47 bits per heavy atom. The van der Waals surface area contributed by atoms with E-state index in [2.05, 4.69) is 38.7 Å². The van der Waals surface area contributed by atoms with E-state index in [4.69, 9.17) is 0 Å². The maximum absolute atomic E-state index is 4.22. The number of nitrogens with zero attached hydrogens (tertiary/aromatic N) is 1. The zero-order chi connectivity index (χ0) is 12.7. The third kappa shape index (κ3) is 4.89. The van der Waals surface area contributed by atoms with Crippen molar-refractivity contribution in [2.75, 3.05) is 0 Å². The summed E-state index contributed by atoms with van der Waals surface area (Å²) in [6.07, 6.45) is 8.98. The number of aromatic nitrogens is 1.